The summed E-state index contributed by atoms with van der Waals surface area (Å²) in [6, 6.07) is 5.77. The van der Waals surface area contributed by atoms with Crippen molar-refractivity contribution in [2.75, 3.05) is 6.54 Å². The van der Waals surface area contributed by atoms with Crippen LogP contribution in [0.15, 0.2) is 43.0 Å². The predicted molar refractivity (Wildman–Crippen MR) is 185 cm³/mol. The molecule has 3 fully saturated rings. The lowest BCUT2D eigenvalue weighted by Gasteiger charge is -2.38. The Kier molecular flexibility index (Phi) is 12.3. The maximum atomic E-state index is 14.3. The van der Waals surface area contributed by atoms with Gasteiger partial charge in [-0.2, -0.15) is 0 Å². The Bertz CT molecular complexity index is 1400. The van der Waals surface area contributed by atoms with Crippen LogP contribution in [0.3, 0.4) is 0 Å². The summed E-state index contributed by atoms with van der Waals surface area (Å²) in [5, 5.41) is 11.5. The van der Waals surface area contributed by atoms with E-state index in [-0.39, 0.29) is 36.6 Å². The van der Waals surface area contributed by atoms with Gasteiger partial charge < -0.3 is 31.9 Å². The normalized spacial score (nSPS) is 22.2. The number of amides is 6. The summed E-state index contributed by atoms with van der Waals surface area (Å²) in [5.74, 6) is -3.39. The second kappa shape index (κ2) is 16.0. The number of nitrogens with two attached hydrogens (primary N) is 1. The number of carbonyl (C=O) groups excluding carboxylic acids is 6. The van der Waals surface area contributed by atoms with E-state index in [9.17, 15) is 28.8 Å². The average Bonchev–Trinajstić information content (AvgIpc) is 3.74. The summed E-state index contributed by atoms with van der Waals surface area (Å²) < 4.78 is 0. The summed E-state index contributed by atoms with van der Waals surface area (Å²) >= 11 is 0. The van der Waals surface area contributed by atoms with E-state index in [0.717, 1.165) is 50.5 Å². The van der Waals surface area contributed by atoms with Crippen molar-refractivity contribution >= 4 is 35.4 Å². The van der Waals surface area contributed by atoms with E-state index in [0.29, 0.717) is 13.0 Å². The van der Waals surface area contributed by atoms with Gasteiger partial charge in [0.15, 0.2) is 0 Å². The third-order valence-corrected chi connectivity index (χ3v) is 10.6. The molecule has 3 aliphatic rings. The number of nitrogens with one attached hydrogen (secondary N) is 4. The van der Waals surface area contributed by atoms with Crippen LogP contribution in [0.5, 0.6) is 0 Å². The lowest BCUT2D eigenvalue weighted by molar-refractivity contribution is -0.143. The molecule has 12 heteroatoms. The van der Waals surface area contributed by atoms with Crippen LogP contribution >= 0.6 is 0 Å². The van der Waals surface area contributed by atoms with Crippen LogP contribution in [0, 0.1) is 23.2 Å². The van der Waals surface area contributed by atoms with Gasteiger partial charge in [-0.3, -0.25) is 24.0 Å². The number of nitrogens with zero attached hydrogens (tertiary/aromatic N) is 1. The molecule has 49 heavy (non-hydrogen) atoms. The molecule has 0 radical (unpaired) electrons. The molecule has 1 aromatic rings. The first kappa shape index (κ1) is 37.6. The van der Waals surface area contributed by atoms with Gasteiger partial charge in [0.1, 0.15) is 17.6 Å². The third-order valence-electron chi connectivity index (χ3n) is 10.6. The summed E-state index contributed by atoms with van der Waals surface area (Å²) in [4.78, 5) is 81.4. The highest BCUT2D eigenvalue weighted by Gasteiger charge is 2.47. The number of rotatable bonds is 14. The van der Waals surface area contributed by atoms with Crippen molar-refractivity contribution < 1.29 is 28.8 Å². The summed E-state index contributed by atoms with van der Waals surface area (Å²) in [7, 11) is 0. The maximum absolute atomic E-state index is 14.3. The van der Waals surface area contributed by atoms with Crippen molar-refractivity contribution in [2.24, 2.45) is 28.9 Å². The standard InChI is InChI=1S/C37H54N6O6/c1-6-23-20-28(32(46)40-27(29(44)31(38)45)19-24-15-12-16-24)43(22-23)33(47)30(36(2,3)4)41-35(49)42-37(5,26-17-10-11-18-26)34(48)39-21-25-13-8-7-9-14-25/h6-9,13-14,23-24,26-28,30H,1,10-12,15-22H2,2-5H3,(H2,38,45)(H,39,48)(H,40,46)(H2,41,42,49)/t23-,27?,28+,30-,37-/m1/s1. The Morgan fingerprint density at radius 2 is 1.61 bits per heavy atom. The summed E-state index contributed by atoms with van der Waals surface area (Å²) in [6.07, 6.45) is 8.56. The highest BCUT2D eigenvalue weighted by atomic mass is 16.2. The van der Waals surface area contributed by atoms with Crippen molar-refractivity contribution in [3.8, 4) is 0 Å². The summed E-state index contributed by atoms with van der Waals surface area (Å²) in [6.45, 7) is 11.5. The first-order chi connectivity index (χ1) is 23.1. The van der Waals surface area contributed by atoms with Crippen LogP contribution in [0.2, 0.25) is 0 Å². The zero-order chi connectivity index (χ0) is 35.9. The molecular weight excluding hydrogens is 624 g/mol. The molecule has 5 atom stereocenters. The molecule has 6 N–H and O–H groups in total. The number of primary amides is 1. The smallest absolute Gasteiger partial charge is 0.316 e. The lowest BCUT2D eigenvalue weighted by Crippen LogP contribution is -2.65. The minimum atomic E-state index is -1.23. The fraction of sp³-hybridized carbons (Fsp3) is 0.622. The largest absolute Gasteiger partial charge is 0.363 e. The number of likely N-dealkylation sites (tertiary alicyclic amines) is 1. The highest BCUT2D eigenvalue weighted by molar-refractivity contribution is 6.37. The van der Waals surface area contributed by atoms with Crippen molar-refractivity contribution in [1.29, 1.82) is 0 Å². The highest BCUT2D eigenvalue weighted by Crippen LogP contribution is 2.35. The third kappa shape index (κ3) is 9.27. The van der Waals surface area contributed by atoms with Crippen LogP contribution < -0.4 is 27.0 Å². The average molecular weight is 679 g/mol. The fourth-order valence-electron chi connectivity index (χ4n) is 7.29. The molecule has 0 bridgehead atoms. The predicted octanol–water partition coefficient (Wildman–Crippen LogP) is 3.10. The van der Waals surface area contributed by atoms with Gasteiger partial charge in [-0.15, -0.1) is 6.58 Å². The van der Waals surface area contributed by atoms with Gasteiger partial charge in [-0.05, 0) is 61.3 Å². The van der Waals surface area contributed by atoms with E-state index < -0.39 is 58.6 Å². The number of Topliss-reactive ketones (excluding diaryl/α,β-unsaturated/α-hetero) is 1. The number of hydrogen-bond acceptors (Lipinski definition) is 6. The Balaban J connectivity index is 1.51. The molecule has 1 aliphatic heterocycles. The van der Waals surface area contributed by atoms with Gasteiger partial charge in [-0.25, -0.2) is 4.79 Å². The van der Waals surface area contributed by atoms with Crippen molar-refractivity contribution in [2.45, 2.75) is 116 Å². The number of benzene rings is 1. The molecule has 1 saturated heterocycles. The second-order valence-electron chi connectivity index (χ2n) is 15.3. The molecule has 2 saturated carbocycles. The van der Waals surface area contributed by atoms with Crippen LogP contribution in [0.1, 0.15) is 91.0 Å². The van der Waals surface area contributed by atoms with Crippen LogP contribution in [0.4, 0.5) is 4.79 Å². The Labute approximate surface area is 289 Å². The number of ketones is 1. The Morgan fingerprint density at radius 3 is 2.16 bits per heavy atom. The van der Waals surface area contributed by atoms with Crippen molar-refractivity contribution in [1.82, 2.24) is 26.2 Å². The maximum Gasteiger partial charge on any atom is 0.316 e. The molecule has 1 aromatic carbocycles. The number of hydrogen-bond donors (Lipinski definition) is 5. The van der Waals surface area contributed by atoms with Gasteiger partial charge in [0, 0.05) is 13.1 Å². The van der Waals surface area contributed by atoms with E-state index in [1.54, 1.807) is 13.0 Å². The van der Waals surface area contributed by atoms with E-state index in [1.807, 2.05) is 51.1 Å². The minimum absolute atomic E-state index is 0.0891. The molecule has 1 unspecified atom stereocenters. The van der Waals surface area contributed by atoms with Gasteiger partial charge in [0.2, 0.25) is 23.5 Å². The van der Waals surface area contributed by atoms with Gasteiger partial charge in [0.05, 0.1) is 6.04 Å². The molecule has 0 spiro atoms. The molecule has 2 aliphatic carbocycles. The van der Waals surface area contributed by atoms with E-state index in [1.165, 1.54) is 4.90 Å². The zero-order valence-corrected chi connectivity index (χ0v) is 29.4. The molecule has 4 rings (SSSR count). The summed E-state index contributed by atoms with van der Waals surface area (Å²) in [5.41, 5.74) is 4.23. The molecule has 12 nitrogen and oxygen atoms in total. The van der Waals surface area contributed by atoms with Crippen LogP contribution in [-0.2, 0) is 30.5 Å². The fourth-order valence-corrected chi connectivity index (χ4v) is 7.29. The first-order valence-corrected chi connectivity index (χ1v) is 17.6. The SMILES string of the molecule is C=C[C@@H]1C[C@@H](C(=O)NC(CC2CCC2)C(=O)C(N)=O)N(C(=O)[C@@H](NC(=O)N[C@@](C)(C(=O)NCc2ccccc2)C2CCCC2)C(C)(C)C)C1. The second-order valence-corrected chi connectivity index (χ2v) is 15.3. The van der Waals surface area contributed by atoms with Crippen molar-refractivity contribution in [3.63, 3.8) is 0 Å². The van der Waals surface area contributed by atoms with Crippen LogP contribution in [-0.4, -0.2) is 70.6 Å². The van der Waals surface area contributed by atoms with Gasteiger partial charge >= 0.3 is 6.03 Å². The molecule has 0 aromatic heterocycles. The molecule has 1 heterocycles. The first-order valence-electron chi connectivity index (χ1n) is 17.6. The minimum Gasteiger partial charge on any atom is -0.363 e. The van der Waals surface area contributed by atoms with Gasteiger partial charge in [-0.1, -0.05) is 89.3 Å². The van der Waals surface area contributed by atoms with E-state index in [4.69, 9.17) is 5.73 Å². The Morgan fingerprint density at radius 1 is 0.959 bits per heavy atom. The van der Waals surface area contributed by atoms with Crippen molar-refractivity contribution in [3.05, 3.63) is 48.6 Å². The number of urea groups is 1. The monoisotopic (exact) mass is 678 g/mol. The lowest BCUT2D eigenvalue weighted by atomic mass is 9.80. The number of carbonyl (C=O) groups is 6. The topological polar surface area (TPSA) is 180 Å². The van der Waals surface area contributed by atoms with Gasteiger partial charge in [0.25, 0.3) is 5.91 Å². The molecule has 6 amide bonds. The van der Waals surface area contributed by atoms with E-state index in [2.05, 4.69) is 27.8 Å². The quantitative estimate of drug-likeness (QED) is 0.149. The molecule has 268 valence electrons. The Hall–Kier alpha value is -4.22. The van der Waals surface area contributed by atoms with Crippen LogP contribution in [0.25, 0.3) is 0 Å². The van der Waals surface area contributed by atoms with E-state index >= 15 is 0 Å². The molecular formula is C37H54N6O6. The zero-order valence-electron chi connectivity index (χ0n) is 29.4.